The van der Waals surface area contributed by atoms with E-state index in [0.29, 0.717) is 12.1 Å². The highest BCUT2D eigenvalue weighted by Crippen LogP contribution is 2.30. The van der Waals surface area contributed by atoms with Crippen molar-refractivity contribution in [2.45, 2.75) is 63.7 Å². The number of pyridine rings is 2. The van der Waals surface area contributed by atoms with Crippen molar-refractivity contribution < 1.29 is 0 Å². The highest BCUT2D eigenvalue weighted by molar-refractivity contribution is 14.1. The van der Waals surface area contributed by atoms with Crippen LogP contribution in [0, 0.1) is 0 Å². The average molecular weight is 632 g/mol. The maximum absolute atomic E-state index is 4.64. The van der Waals surface area contributed by atoms with Crippen molar-refractivity contribution >= 4 is 45.2 Å². The second kappa shape index (κ2) is 14.0. The largest absolute Gasteiger partial charge is 0.293 e. The van der Waals surface area contributed by atoms with Crippen LogP contribution in [0.1, 0.15) is 49.9 Å². The normalized spacial score (nSPS) is 19.5. The quantitative estimate of drug-likeness (QED) is 0.221. The van der Waals surface area contributed by atoms with E-state index in [9.17, 15) is 0 Å². The van der Waals surface area contributed by atoms with Crippen LogP contribution in [0.25, 0.3) is 0 Å². The van der Waals surface area contributed by atoms with Crippen LogP contribution in [0.15, 0.2) is 48.8 Å². The van der Waals surface area contributed by atoms with Gasteiger partial charge in [0.05, 0.1) is 11.4 Å². The van der Waals surface area contributed by atoms with E-state index >= 15 is 0 Å². The van der Waals surface area contributed by atoms with Crippen LogP contribution in [0.2, 0.25) is 0 Å². The van der Waals surface area contributed by atoms with Gasteiger partial charge in [-0.1, -0.05) is 70.2 Å². The Morgan fingerprint density at radius 2 is 1.20 bits per heavy atom. The molecule has 30 heavy (non-hydrogen) atoms. The molecule has 0 aliphatic heterocycles. The van der Waals surface area contributed by atoms with Crippen LogP contribution in [-0.4, -0.2) is 53.8 Å². The Hall–Kier alpha value is -0.320. The highest BCUT2D eigenvalue weighted by atomic mass is 127. The Labute approximate surface area is 209 Å². The van der Waals surface area contributed by atoms with Crippen molar-refractivity contribution in [1.29, 1.82) is 0 Å². The first kappa shape index (κ1) is 24.3. The van der Waals surface area contributed by atoms with E-state index in [1.165, 1.54) is 58.8 Å². The predicted octanol–water partition coefficient (Wildman–Crippen LogP) is 5.74. The molecule has 3 rings (SSSR count). The van der Waals surface area contributed by atoms with Gasteiger partial charge in [0.1, 0.15) is 0 Å². The summed E-state index contributed by atoms with van der Waals surface area (Å²) in [5.41, 5.74) is 2.39. The van der Waals surface area contributed by atoms with Gasteiger partial charge >= 0.3 is 0 Å². The average Bonchev–Trinajstić information content (AvgIpc) is 2.81. The summed E-state index contributed by atoms with van der Waals surface area (Å²) in [6.45, 7) is 4.24. The Balaban J connectivity index is 1.80. The molecule has 2 atom stereocenters. The first-order valence-corrected chi connectivity index (χ1v) is 14.3. The summed E-state index contributed by atoms with van der Waals surface area (Å²) in [5, 5.41) is 0. The first-order valence-electron chi connectivity index (χ1n) is 11.2. The molecule has 164 valence electrons. The molecule has 0 amide bonds. The van der Waals surface area contributed by atoms with Gasteiger partial charge in [0.2, 0.25) is 0 Å². The maximum Gasteiger partial charge on any atom is 0.0544 e. The van der Waals surface area contributed by atoms with E-state index in [4.69, 9.17) is 0 Å². The van der Waals surface area contributed by atoms with Crippen molar-refractivity contribution in [3.05, 3.63) is 60.2 Å². The molecule has 1 aliphatic rings. The molecule has 0 N–H and O–H groups in total. The number of aromatic nitrogens is 2. The van der Waals surface area contributed by atoms with Gasteiger partial charge in [-0.25, -0.2) is 0 Å². The van der Waals surface area contributed by atoms with E-state index in [2.05, 4.69) is 89.2 Å². The van der Waals surface area contributed by atoms with Gasteiger partial charge in [0.25, 0.3) is 0 Å². The molecular formula is C24H34I2N4. The van der Waals surface area contributed by atoms with Gasteiger partial charge in [-0.15, -0.1) is 0 Å². The SMILES string of the molecule is ICCCN(Cc1ccccn1)[C@H]1CCCC[C@@H]1N(CCCI)Cc1ccccn1. The molecule has 0 aromatic carbocycles. The van der Waals surface area contributed by atoms with Crippen molar-refractivity contribution in [3.8, 4) is 0 Å². The summed E-state index contributed by atoms with van der Waals surface area (Å²) < 4.78 is 2.42. The molecular weight excluding hydrogens is 598 g/mol. The first-order chi connectivity index (χ1) is 14.8. The zero-order chi connectivity index (χ0) is 21.0. The van der Waals surface area contributed by atoms with Crippen molar-refractivity contribution in [1.82, 2.24) is 19.8 Å². The molecule has 1 fully saturated rings. The van der Waals surface area contributed by atoms with Gasteiger partial charge < -0.3 is 0 Å². The van der Waals surface area contributed by atoms with Crippen molar-refractivity contribution in [2.75, 3.05) is 21.9 Å². The third-order valence-electron chi connectivity index (χ3n) is 5.97. The second-order valence-corrected chi connectivity index (χ2v) is 10.2. The number of alkyl halides is 2. The van der Waals surface area contributed by atoms with Gasteiger partial charge in [0, 0.05) is 46.4 Å². The van der Waals surface area contributed by atoms with E-state index < -0.39 is 0 Å². The lowest BCUT2D eigenvalue weighted by molar-refractivity contribution is 0.0376. The van der Waals surface area contributed by atoms with Crippen LogP contribution in [0.4, 0.5) is 0 Å². The summed E-state index contributed by atoms with van der Waals surface area (Å²) in [4.78, 5) is 14.8. The number of hydrogen-bond donors (Lipinski definition) is 0. The molecule has 2 heterocycles. The van der Waals surface area contributed by atoms with E-state index in [-0.39, 0.29) is 0 Å². The zero-order valence-electron chi connectivity index (χ0n) is 17.8. The maximum atomic E-state index is 4.64. The van der Waals surface area contributed by atoms with Crippen LogP contribution in [-0.2, 0) is 13.1 Å². The monoisotopic (exact) mass is 632 g/mol. The third-order valence-corrected chi connectivity index (χ3v) is 7.50. The molecule has 0 bridgehead atoms. The zero-order valence-corrected chi connectivity index (χ0v) is 22.1. The molecule has 6 heteroatoms. The smallest absolute Gasteiger partial charge is 0.0544 e. The molecule has 0 unspecified atom stereocenters. The minimum Gasteiger partial charge on any atom is -0.293 e. The lowest BCUT2D eigenvalue weighted by Crippen LogP contribution is -2.53. The van der Waals surface area contributed by atoms with E-state index in [0.717, 1.165) is 26.2 Å². The number of hydrogen-bond acceptors (Lipinski definition) is 4. The summed E-state index contributed by atoms with van der Waals surface area (Å²) in [6, 6.07) is 13.8. The standard InChI is InChI=1S/C24H34I2N4/c25-13-7-17-29(19-21-9-3-5-15-27-21)23-11-1-2-12-24(23)30(18-8-14-26)20-22-10-4-6-16-28-22/h3-6,9-10,15-16,23-24H,1-2,7-8,11-14,17-20H2/t23-,24-/m0/s1. The minimum atomic E-state index is 0.599. The number of rotatable bonds is 12. The molecule has 1 aliphatic carbocycles. The number of halogens is 2. The lowest BCUT2D eigenvalue weighted by atomic mass is 9.87. The Bertz CT molecular complexity index is 639. The molecule has 0 radical (unpaired) electrons. The molecule has 1 saturated carbocycles. The summed E-state index contributed by atoms with van der Waals surface area (Å²) in [6.07, 6.45) is 11.6. The summed E-state index contributed by atoms with van der Waals surface area (Å²) in [5.74, 6) is 0. The summed E-state index contributed by atoms with van der Waals surface area (Å²) in [7, 11) is 0. The molecule has 2 aromatic heterocycles. The van der Waals surface area contributed by atoms with E-state index in [1.807, 2.05) is 24.5 Å². The molecule has 2 aromatic rings. The van der Waals surface area contributed by atoms with Crippen LogP contribution < -0.4 is 0 Å². The Kier molecular flexibility index (Phi) is 11.3. The summed E-state index contributed by atoms with van der Waals surface area (Å²) >= 11 is 5.03. The molecule has 0 saturated heterocycles. The van der Waals surface area contributed by atoms with Crippen LogP contribution >= 0.6 is 45.2 Å². The van der Waals surface area contributed by atoms with Crippen LogP contribution in [0.3, 0.4) is 0 Å². The van der Waals surface area contributed by atoms with Crippen LogP contribution in [0.5, 0.6) is 0 Å². The lowest BCUT2D eigenvalue weighted by Gasteiger charge is -2.45. The molecule has 0 spiro atoms. The Morgan fingerprint density at radius 1 is 0.733 bits per heavy atom. The molecule has 4 nitrogen and oxygen atoms in total. The fourth-order valence-electron chi connectivity index (χ4n) is 4.59. The van der Waals surface area contributed by atoms with Gasteiger partial charge in [0.15, 0.2) is 0 Å². The minimum absolute atomic E-state index is 0.599. The topological polar surface area (TPSA) is 32.3 Å². The number of nitrogens with zero attached hydrogens (tertiary/aromatic N) is 4. The second-order valence-electron chi connectivity index (χ2n) is 8.09. The van der Waals surface area contributed by atoms with Crippen molar-refractivity contribution in [3.63, 3.8) is 0 Å². The fraction of sp³-hybridized carbons (Fsp3) is 0.583. The van der Waals surface area contributed by atoms with Gasteiger partial charge in [-0.3, -0.25) is 19.8 Å². The fourth-order valence-corrected chi connectivity index (χ4v) is 5.28. The third kappa shape index (κ3) is 7.67. The van der Waals surface area contributed by atoms with E-state index in [1.54, 1.807) is 0 Å². The predicted molar refractivity (Wildman–Crippen MR) is 142 cm³/mol. The van der Waals surface area contributed by atoms with Gasteiger partial charge in [-0.2, -0.15) is 0 Å². The van der Waals surface area contributed by atoms with Gasteiger partial charge in [-0.05, 0) is 63.0 Å². The van der Waals surface area contributed by atoms with Crippen molar-refractivity contribution in [2.24, 2.45) is 0 Å². The highest BCUT2D eigenvalue weighted by Gasteiger charge is 2.34. The Morgan fingerprint density at radius 3 is 1.57 bits per heavy atom.